The Kier molecular flexibility index (Phi) is 76.4. The number of ether oxygens (including phenoxy) is 2. The van der Waals surface area contributed by atoms with Gasteiger partial charge < -0.3 is 18.9 Å². The molecule has 0 amide bonds. The quantitative estimate of drug-likeness (QED) is 0.0211. The van der Waals surface area contributed by atoms with Crippen molar-refractivity contribution in [3.8, 4) is 0 Å². The van der Waals surface area contributed by atoms with E-state index in [1.807, 2.05) is 21.1 Å². The maximum Gasteiger partial charge on any atom is 0.472 e. The molecule has 96 heavy (non-hydrogen) atoms. The molecule has 0 aromatic rings. The normalized spacial score (nSPS) is 13.0. The molecule has 0 radical (unpaired) electrons. The molecule has 0 aliphatic rings. The van der Waals surface area contributed by atoms with E-state index in [4.69, 9.17) is 18.5 Å². The second kappa shape index (κ2) is 77.6. The third kappa shape index (κ3) is 81.5. The number of hydrogen-bond acceptors (Lipinski definition) is 7. The fraction of sp³-hybridized carbons (Fsp3) is 0.930. The Morgan fingerprint density at radius 2 is 0.562 bits per heavy atom. The minimum atomic E-state index is -4.39. The average Bonchev–Trinajstić information content (AvgIpc) is 1.98. The molecule has 0 bridgehead atoms. The Morgan fingerprint density at radius 3 is 0.823 bits per heavy atom. The zero-order chi connectivity index (χ0) is 69.7. The fourth-order valence-electron chi connectivity index (χ4n) is 13.4. The maximum absolute atomic E-state index is 12.9. The van der Waals surface area contributed by atoms with Crippen LogP contribution in [-0.4, -0.2) is 74.9 Å². The van der Waals surface area contributed by atoms with E-state index < -0.39 is 26.5 Å². The zero-order valence-electron chi connectivity index (χ0n) is 65.4. The molecule has 0 saturated carbocycles. The van der Waals surface area contributed by atoms with Crippen LogP contribution in [0.1, 0.15) is 463 Å². The Morgan fingerprint density at radius 1 is 0.323 bits per heavy atom. The molecule has 0 aromatic heterocycles. The van der Waals surface area contributed by atoms with Gasteiger partial charge in [0.05, 0.1) is 27.7 Å². The van der Waals surface area contributed by atoms with Crippen LogP contribution in [-0.2, 0) is 32.7 Å². The van der Waals surface area contributed by atoms with Crippen molar-refractivity contribution < 1.29 is 42.1 Å². The number of allylic oxidation sites excluding steroid dienone is 4. The van der Waals surface area contributed by atoms with Gasteiger partial charge in [-0.15, -0.1) is 0 Å². The third-order valence-corrected chi connectivity index (χ3v) is 21.0. The first-order chi connectivity index (χ1) is 47.0. The lowest BCUT2D eigenvalue weighted by Gasteiger charge is -2.24. The van der Waals surface area contributed by atoms with Crippen molar-refractivity contribution in [3.05, 3.63) is 24.3 Å². The van der Waals surface area contributed by atoms with Crippen molar-refractivity contribution in [2.24, 2.45) is 0 Å². The van der Waals surface area contributed by atoms with E-state index in [2.05, 4.69) is 38.2 Å². The highest BCUT2D eigenvalue weighted by Crippen LogP contribution is 2.43. The lowest BCUT2D eigenvalue weighted by atomic mass is 10.0. The molecule has 1 N–H and O–H groups in total. The first-order valence-electron chi connectivity index (χ1n) is 43.1. The van der Waals surface area contributed by atoms with Gasteiger partial charge in [0.1, 0.15) is 19.8 Å². The Labute approximate surface area is 599 Å². The monoisotopic (exact) mass is 1380 g/mol. The molecule has 0 saturated heterocycles. The highest BCUT2D eigenvalue weighted by atomic mass is 31.2. The second-order valence-electron chi connectivity index (χ2n) is 30.9. The van der Waals surface area contributed by atoms with Crippen LogP contribution in [0.15, 0.2) is 24.3 Å². The van der Waals surface area contributed by atoms with Crippen molar-refractivity contribution in [2.45, 2.75) is 469 Å². The molecule has 10 heteroatoms. The molecule has 0 aliphatic carbocycles. The zero-order valence-corrected chi connectivity index (χ0v) is 66.3. The Hall–Kier alpha value is -1.51. The van der Waals surface area contributed by atoms with Gasteiger partial charge in [-0.1, -0.05) is 430 Å². The number of nitrogens with zero attached hydrogens (tertiary/aromatic N) is 1. The average molecular weight is 1380 g/mol. The molecule has 0 aliphatic heterocycles. The van der Waals surface area contributed by atoms with Crippen LogP contribution in [0.25, 0.3) is 0 Å². The summed E-state index contributed by atoms with van der Waals surface area (Å²) < 4.78 is 34.9. The summed E-state index contributed by atoms with van der Waals surface area (Å²) in [6.07, 6.45) is 101. The van der Waals surface area contributed by atoms with E-state index in [0.717, 1.165) is 44.9 Å². The lowest BCUT2D eigenvalue weighted by molar-refractivity contribution is -0.870. The van der Waals surface area contributed by atoms with Gasteiger partial charge in [-0.25, -0.2) is 4.57 Å². The SMILES string of the molecule is CCCCCCC/C=C\C/C=C\CCCCCCCCCCCCCCCCCCCCCCCCCCCCCC(=O)OC(COC(=O)CCCCCCCCCCCCCCCCCCCCCCCCCCCCCCCCCCC)COP(=O)(O)OCC[N+](C)(C)C. The standard InChI is InChI=1S/C86H168NO8P/c1-6-8-10-12-14-16-18-20-22-24-26-28-30-32-34-36-38-40-41-42-43-44-45-47-49-51-53-55-57-59-61-63-65-67-69-71-73-75-77-79-86(89)95-84(83-94-96(90,91)93-81-80-87(3,4)5)82-92-85(88)78-76-74-72-70-68-66-64-62-60-58-56-54-52-50-48-46-39-37-35-33-31-29-27-25-23-21-19-17-15-13-11-9-7-2/h18,20,24,26,84H,6-17,19,21-23,25,27-83H2,1-5H3/p+1/b20-18-,26-24-. The molecular formula is C86H169NO8P+. The van der Waals surface area contributed by atoms with Crippen molar-refractivity contribution in [3.63, 3.8) is 0 Å². The number of likely N-dealkylation sites (N-methyl/N-ethyl adjacent to an activating group) is 1. The molecule has 9 nitrogen and oxygen atoms in total. The molecule has 0 spiro atoms. The van der Waals surface area contributed by atoms with E-state index in [9.17, 15) is 19.0 Å². The van der Waals surface area contributed by atoms with E-state index >= 15 is 0 Å². The summed E-state index contributed by atoms with van der Waals surface area (Å²) in [4.78, 5) is 36.0. The van der Waals surface area contributed by atoms with Gasteiger partial charge >= 0.3 is 19.8 Å². The van der Waals surface area contributed by atoms with Crippen LogP contribution < -0.4 is 0 Å². The minimum Gasteiger partial charge on any atom is -0.462 e. The summed E-state index contributed by atoms with van der Waals surface area (Å²) in [5.74, 6) is -0.766. The fourth-order valence-corrected chi connectivity index (χ4v) is 14.2. The number of carbonyl (C=O) groups is 2. The topological polar surface area (TPSA) is 108 Å². The minimum absolute atomic E-state index is 0.0367. The summed E-state index contributed by atoms with van der Waals surface area (Å²) in [6, 6.07) is 0. The number of rotatable bonds is 82. The summed E-state index contributed by atoms with van der Waals surface area (Å²) >= 11 is 0. The van der Waals surface area contributed by atoms with E-state index in [-0.39, 0.29) is 25.6 Å². The first kappa shape index (κ1) is 94.5. The van der Waals surface area contributed by atoms with Gasteiger partial charge in [-0.2, -0.15) is 0 Å². The lowest BCUT2D eigenvalue weighted by Crippen LogP contribution is -2.37. The van der Waals surface area contributed by atoms with Crippen molar-refractivity contribution in [1.29, 1.82) is 0 Å². The van der Waals surface area contributed by atoms with Gasteiger partial charge in [0.15, 0.2) is 6.10 Å². The highest BCUT2D eigenvalue weighted by Gasteiger charge is 2.27. The first-order valence-corrected chi connectivity index (χ1v) is 44.6. The molecule has 0 heterocycles. The number of hydrogen-bond donors (Lipinski definition) is 1. The maximum atomic E-state index is 12.9. The molecule has 2 atom stereocenters. The third-order valence-electron chi connectivity index (χ3n) is 20.0. The number of esters is 2. The van der Waals surface area contributed by atoms with Gasteiger partial charge in [-0.05, 0) is 44.9 Å². The van der Waals surface area contributed by atoms with Gasteiger partial charge in [0.2, 0.25) is 0 Å². The molecule has 0 rings (SSSR count). The summed E-state index contributed by atoms with van der Waals surface area (Å²) in [6.45, 7) is 4.52. The van der Waals surface area contributed by atoms with Crippen LogP contribution in [0.3, 0.4) is 0 Å². The van der Waals surface area contributed by atoms with Gasteiger partial charge in [0.25, 0.3) is 0 Å². The number of phosphoric acid groups is 1. The van der Waals surface area contributed by atoms with Crippen molar-refractivity contribution in [1.82, 2.24) is 0 Å². The van der Waals surface area contributed by atoms with Crippen molar-refractivity contribution >= 4 is 19.8 Å². The largest absolute Gasteiger partial charge is 0.472 e. The van der Waals surface area contributed by atoms with Crippen molar-refractivity contribution in [2.75, 3.05) is 47.5 Å². The molecule has 570 valence electrons. The summed E-state index contributed by atoms with van der Waals surface area (Å²) in [5.41, 5.74) is 0. The number of quaternary nitrogens is 1. The Bertz CT molecular complexity index is 1660. The summed E-state index contributed by atoms with van der Waals surface area (Å²) in [5, 5.41) is 0. The molecular weight excluding hydrogens is 1210 g/mol. The highest BCUT2D eigenvalue weighted by molar-refractivity contribution is 7.47. The summed E-state index contributed by atoms with van der Waals surface area (Å²) in [7, 11) is 1.51. The Balaban J connectivity index is 3.85. The van der Waals surface area contributed by atoms with Crippen LogP contribution in [0, 0.1) is 0 Å². The smallest absolute Gasteiger partial charge is 0.462 e. The van der Waals surface area contributed by atoms with Crippen LogP contribution in [0.4, 0.5) is 0 Å². The predicted molar refractivity (Wildman–Crippen MR) is 418 cm³/mol. The number of unbranched alkanes of at least 4 members (excludes halogenated alkanes) is 64. The molecule has 2 unspecified atom stereocenters. The van der Waals surface area contributed by atoms with E-state index in [1.165, 1.54) is 392 Å². The van der Waals surface area contributed by atoms with Gasteiger partial charge in [0, 0.05) is 12.8 Å². The van der Waals surface area contributed by atoms with Gasteiger partial charge in [-0.3, -0.25) is 18.6 Å². The molecule has 0 fully saturated rings. The van der Waals surface area contributed by atoms with E-state index in [1.54, 1.807) is 0 Å². The second-order valence-corrected chi connectivity index (χ2v) is 32.4. The van der Waals surface area contributed by atoms with Crippen LogP contribution in [0.5, 0.6) is 0 Å². The predicted octanol–water partition coefficient (Wildman–Crippen LogP) is 28.7. The van der Waals surface area contributed by atoms with Crippen LogP contribution >= 0.6 is 7.82 Å². The number of carbonyl (C=O) groups excluding carboxylic acids is 2. The van der Waals surface area contributed by atoms with Crippen LogP contribution in [0.2, 0.25) is 0 Å². The molecule has 0 aromatic carbocycles. The van der Waals surface area contributed by atoms with E-state index in [0.29, 0.717) is 17.4 Å². The number of phosphoric ester groups is 1.